The van der Waals surface area contributed by atoms with Gasteiger partial charge < -0.3 is 16.5 Å². The number of carbonyl (C=O) groups is 2. The molecule has 8 heteroatoms. The van der Waals surface area contributed by atoms with Crippen molar-refractivity contribution in [2.24, 2.45) is 16.7 Å². The van der Waals surface area contributed by atoms with Crippen molar-refractivity contribution < 1.29 is 9.59 Å². The van der Waals surface area contributed by atoms with Crippen LogP contribution in [0.5, 0.6) is 0 Å². The second-order valence-corrected chi connectivity index (χ2v) is 7.45. The van der Waals surface area contributed by atoms with Crippen molar-refractivity contribution in [1.82, 2.24) is 9.80 Å². The zero-order valence-electron chi connectivity index (χ0n) is 16.8. The molecule has 156 valence electrons. The zero-order chi connectivity index (χ0) is 22.0. The largest absolute Gasteiger partial charge is 0.384 e. The van der Waals surface area contributed by atoms with E-state index in [4.69, 9.17) is 17.0 Å². The van der Waals surface area contributed by atoms with Crippen LogP contribution in [0.2, 0.25) is 0 Å². The van der Waals surface area contributed by atoms with Gasteiger partial charge in [0.05, 0.1) is 12.8 Å². The minimum absolute atomic E-state index is 0.00353. The molecule has 8 nitrogen and oxygen atoms in total. The number of nitrogens with zero attached hydrogens (tertiary/aromatic N) is 3. The number of nitrogens with two attached hydrogens (primary N) is 2. The number of benzene rings is 3. The second kappa shape index (κ2) is 8.27. The van der Waals surface area contributed by atoms with Gasteiger partial charge in [-0.1, -0.05) is 48.5 Å². The summed E-state index contributed by atoms with van der Waals surface area (Å²) in [7, 11) is 0. The molecular weight excluding hydrogens is 392 g/mol. The highest BCUT2D eigenvalue weighted by molar-refractivity contribution is 6.02. The zero-order valence-corrected chi connectivity index (χ0v) is 16.8. The maximum Gasteiger partial charge on any atom is 0.327 e. The molecule has 3 aromatic rings. The number of amides is 3. The molecule has 3 amide bonds. The summed E-state index contributed by atoms with van der Waals surface area (Å²) in [6.45, 7) is 0.591. The van der Waals surface area contributed by atoms with E-state index in [1.54, 1.807) is 12.3 Å². The first-order valence-electron chi connectivity index (χ1n) is 9.73. The number of urea groups is 1. The van der Waals surface area contributed by atoms with Crippen molar-refractivity contribution in [3.05, 3.63) is 82.9 Å². The number of rotatable bonds is 6. The quantitative estimate of drug-likeness (QED) is 0.188. The van der Waals surface area contributed by atoms with Crippen LogP contribution in [-0.4, -0.2) is 40.3 Å². The van der Waals surface area contributed by atoms with E-state index in [0.29, 0.717) is 12.1 Å². The number of fused-ring (bicyclic) bond motifs is 1. The van der Waals surface area contributed by atoms with E-state index in [2.05, 4.69) is 5.10 Å². The molecule has 4 rings (SSSR count). The Morgan fingerprint density at radius 3 is 2.39 bits per heavy atom. The van der Waals surface area contributed by atoms with E-state index in [1.165, 1.54) is 9.80 Å². The van der Waals surface area contributed by atoms with Gasteiger partial charge >= 0.3 is 6.03 Å². The van der Waals surface area contributed by atoms with Crippen LogP contribution in [0.25, 0.3) is 10.8 Å². The Morgan fingerprint density at radius 1 is 0.968 bits per heavy atom. The highest BCUT2D eigenvalue weighted by Gasteiger charge is 2.35. The molecule has 3 aromatic carbocycles. The Morgan fingerprint density at radius 2 is 1.68 bits per heavy atom. The molecule has 5 N–H and O–H groups in total. The Labute approximate surface area is 179 Å². The first kappa shape index (κ1) is 20.1. The van der Waals surface area contributed by atoms with Crippen LogP contribution in [-0.2, 0) is 17.9 Å². The van der Waals surface area contributed by atoms with Gasteiger partial charge in [0.15, 0.2) is 0 Å². The molecule has 1 aliphatic rings. The van der Waals surface area contributed by atoms with Crippen LogP contribution in [0.15, 0.2) is 65.8 Å². The number of hydrazone groups is 1. The molecule has 31 heavy (non-hydrogen) atoms. The number of hydrogen-bond donors (Lipinski definition) is 3. The fourth-order valence-electron chi connectivity index (χ4n) is 3.63. The first-order chi connectivity index (χ1) is 14.9. The third kappa shape index (κ3) is 4.23. The molecule has 1 aliphatic heterocycles. The van der Waals surface area contributed by atoms with Gasteiger partial charge in [-0.3, -0.25) is 15.1 Å². The second-order valence-electron chi connectivity index (χ2n) is 7.45. The predicted molar refractivity (Wildman–Crippen MR) is 120 cm³/mol. The summed E-state index contributed by atoms with van der Waals surface area (Å²) in [6, 6.07) is 18.4. The normalized spacial score (nSPS) is 14.2. The van der Waals surface area contributed by atoms with Crippen molar-refractivity contribution in [2.75, 3.05) is 6.54 Å². The van der Waals surface area contributed by atoms with Crippen molar-refractivity contribution in [3.63, 3.8) is 0 Å². The maximum atomic E-state index is 12.8. The Kier molecular flexibility index (Phi) is 5.36. The molecule has 0 aromatic heterocycles. The molecule has 0 aliphatic carbocycles. The number of amidine groups is 1. The van der Waals surface area contributed by atoms with Crippen LogP contribution < -0.4 is 11.6 Å². The van der Waals surface area contributed by atoms with Crippen LogP contribution >= 0.6 is 0 Å². The summed E-state index contributed by atoms with van der Waals surface area (Å²) >= 11 is 0. The summed E-state index contributed by atoms with van der Waals surface area (Å²) < 4.78 is 0. The number of nitrogens with one attached hydrogen (secondary N) is 1. The number of carbonyl (C=O) groups excluding carboxylic acids is 2. The van der Waals surface area contributed by atoms with Gasteiger partial charge in [0.25, 0.3) is 5.91 Å². The Bertz CT molecular complexity index is 1200. The van der Waals surface area contributed by atoms with Gasteiger partial charge in [0.2, 0.25) is 0 Å². The smallest absolute Gasteiger partial charge is 0.327 e. The van der Waals surface area contributed by atoms with Gasteiger partial charge in [-0.15, -0.1) is 0 Å². The Balaban J connectivity index is 1.49. The number of hydrogen-bond acceptors (Lipinski definition) is 5. The third-order valence-corrected chi connectivity index (χ3v) is 5.26. The average Bonchev–Trinajstić information content (AvgIpc) is 3.02. The minimum atomic E-state index is -0.310. The fraction of sp³-hybridized carbons (Fsp3) is 0.130. The van der Waals surface area contributed by atoms with E-state index >= 15 is 0 Å². The van der Waals surface area contributed by atoms with Gasteiger partial charge in [-0.25, -0.2) is 4.79 Å². The van der Waals surface area contributed by atoms with Crippen LogP contribution in [0.1, 0.15) is 22.3 Å². The first-order valence-corrected chi connectivity index (χ1v) is 9.73. The van der Waals surface area contributed by atoms with Crippen molar-refractivity contribution in [3.8, 4) is 0 Å². The van der Waals surface area contributed by atoms with E-state index in [-0.39, 0.29) is 30.9 Å². The van der Waals surface area contributed by atoms with E-state index in [1.807, 2.05) is 54.6 Å². The lowest BCUT2D eigenvalue weighted by Gasteiger charge is -2.17. The highest BCUT2D eigenvalue weighted by atomic mass is 16.2. The highest BCUT2D eigenvalue weighted by Crippen LogP contribution is 2.22. The van der Waals surface area contributed by atoms with Gasteiger partial charge in [-0.2, -0.15) is 5.10 Å². The molecule has 0 saturated carbocycles. The molecule has 0 spiro atoms. The van der Waals surface area contributed by atoms with Crippen molar-refractivity contribution in [1.29, 1.82) is 5.41 Å². The lowest BCUT2D eigenvalue weighted by molar-refractivity contribution is -0.125. The van der Waals surface area contributed by atoms with Crippen molar-refractivity contribution in [2.45, 2.75) is 13.1 Å². The Hall–Kier alpha value is -4.20. The third-order valence-electron chi connectivity index (χ3n) is 5.26. The topological polar surface area (TPSA) is 129 Å². The molecule has 0 atom stereocenters. The van der Waals surface area contributed by atoms with E-state index < -0.39 is 0 Å². The summed E-state index contributed by atoms with van der Waals surface area (Å²) in [5.41, 5.74) is 8.83. The lowest BCUT2D eigenvalue weighted by Crippen LogP contribution is -2.32. The van der Waals surface area contributed by atoms with Crippen LogP contribution in [0, 0.1) is 5.41 Å². The van der Waals surface area contributed by atoms with Crippen LogP contribution in [0.3, 0.4) is 0 Å². The van der Waals surface area contributed by atoms with Crippen molar-refractivity contribution >= 4 is 34.8 Å². The summed E-state index contributed by atoms with van der Waals surface area (Å²) in [5.74, 6) is 4.92. The summed E-state index contributed by atoms with van der Waals surface area (Å²) in [5, 5.41) is 13.0. The molecule has 1 heterocycles. The van der Waals surface area contributed by atoms with Gasteiger partial charge in [0.1, 0.15) is 12.4 Å². The van der Waals surface area contributed by atoms with Gasteiger partial charge in [-0.05, 0) is 39.6 Å². The molecule has 1 fully saturated rings. The molecule has 1 saturated heterocycles. The average molecular weight is 414 g/mol. The summed E-state index contributed by atoms with van der Waals surface area (Å²) in [6.07, 6.45) is 1.54. The molecular formula is C23H22N6O2. The summed E-state index contributed by atoms with van der Waals surface area (Å²) in [4.78, 5) is 28.2. The van der Waals surface area contributed by atoms with E-state index in [9.17, 15) is 9.59 Å². The maximum absolute atomic E-state index is 12.8. The molecule has 0 radical (unpaired) electrons. The number of imide groups is 1. The fourth-order valence-corrected chi connectivity index (χ4v) is 3.63. The van der Waals surface area contributed by atoms with Crippen LogP contribution in [0.4, 0.5) is 4.79 Å². The standard InChI is InChI=1S/C23H22N6O2/c24-22(25)19-8-7-18-6-5-17(9-20(18)10-19)13-29-21(30)14-28(23(29)31)12-16-3-1-15(2-4-16)11-27-26/h1-11H,12-14,26H2,(H3,24,25). The monoisotopic (exact) mass is 414 g/mol. The van der Waals surface area contributed by atoms with Gasteiger partial charge in [0, 0.05) is 12.1 Å². The van der Waals surface area contributed by atoms with E-state index in [0.717, 1.165) is 27.5 Å². The predicted octanol–water partition coefficient (Wildman–Crippen LogP) is 2.38. The minimum Gasteiger partial charge on any atom is -0.384 e. The number of nitrogen functional groups attached to an aromatic ring is 1. The SMILES string of the molecule is N=C(N)c1ccc2ccc(CN3C(=O)CN(Cc4ccc(C=NN)cc4)C3=O)cc2c1. The molecule has 0 bridgehead atoms. The lowest BCUT2D eigenvalue weighted by atomic mass is 10.0. The molecule has 0 unspecified atom stereocenters.